The Hall–Kier alpha value is -6.09. The van der Waals surface area contributed by atoms with E-state index in [-0.39, 0.29) is 49.8 Å². The van der Waals surface area contributed by atoms with Gasteiger partial charge in [-0.05, 0) is 27.2 Å². The predicted octanol–water partition coefficient (Wildman–Crippen LogP) is -2.80. The Balaban J connectivity index is -0.0000000783. The summed E-state index contributed by atoms with van der Waals surface area (Å²) in [7, 11) is 0. The third kappa shape index (κ3) is 65.9. The highest BCUT2D eigenvalue weighted by atomic mass is 16.5. The van der Waals surface area contributed by atoms with Gasteiger partial charge in [0, 0.05) is 46.4 Å². The Morgan fingerprint density at radius 1 is 0.342 bits per heavy atom. The van der Waals surface area contributed by atoms with Gasteiger partial charge in [-0.1, -0.05) is 53.0 Å². The number of aliphatic hydroxyl groups excluding tert-OH is 13. The molecule has 20 N–H and O–H groups in total. The van der Waals surface area contributed by atoms with Gasteiger partial charge in [0.25, 0.3) is 0 Å². The monoisotopic (exact) mass is 1070 g/mol. The first-order valence-electron chi connectivity index (χ1n) is 20.1. The highest BCUT2D eigenvalue weighted by molar-refractivity contribution is 5.85. The average Bonchev–Trinajstić information content (AvgIpc) is 3.37. The van der Waals surface area contributed by atoms with Gasteiger partial charge in [0.05, 0.1) is 115 Å². The summed E-state index contributed by atoms with van der Waals surface area (Å²) in [4.78, 5) is 65.8. The molecule has 0 spiro atoms. The topological polar surface area (TPSA) is 533 Å². The van der Waals surface area contributed by atoms with Crippen LogP contribution in [0.2, 0.25) is 0 Å². The second-order valence-corrected chi connectivity index (χ2v) is 14.3. The second-order valence-electron chi connectivity index (χ2n) is 14.3. The molecule has 28 heteroatoms. The molecule has 0 fully saturated rings. The normalized spacial score (nSPS) is 9.60. The Bertz CT molecular complexity index is 1280. The quantitative estimate of drug-likeness (QED) is 0.0411. The van der Waals surface area contributed by atoms with E-state index in [4.69, 9.17) is 107 Å². The van der Waals surface area contributed by atoms with Crippen LogP contribution < -0.4 is 0 Å². The van der Waals surface area contributed by atoms with E-state index >= 15 is 0 Å². The number of carboxylic acid groups (broad SMARTS) is 7. The van der Waals surface area contributed by atoms with Gasteiger partial charge in [-0.3, -0.25) is 0 Å². The molecule has 0 aliphatic rings. The minimum absolute atomic E-state index is 0.141. The van der Waals surface area contributed by atoms with Gasteiger partial charge in [0.1, 0.15) is 0 Å². The molecule has 0 unspecified atom stereocenters. The summed E-state index contributed by atoms with van der Waals surface area (Å²) in [5.41, 5.74) is -3.57. The first-order valence-corrected chi connectivity index (χ1v) is 20.1. The molecule has 0 aromatic heterocycles. The molecule has 73 heavy (non-hydrogen) atoms. The van der Waals surface area contributed by atoms with Crippen molar-refractivity contribution in [3.8, 4) is 0 Å². The number of hydrogen-bond donors (Lipinski definition) is 20. The van der Waals surface area contributed by atoms with Crippen molar-refractivity contribution in [1.29, 1.82) is 0 Å². The average molecular weight is 1070 g/mol. The Morgan fingerprint density at radius 2 is 0.466 bits per heavy atom. The summed E-state index contributed by atoms with van der Waals surface area (Å²) in [6, 6.07) is 0. The smallest absolute Gasteiger partial charge is 0.330 e. The van der Waals surface area contributed by atoms with Gasteiger partial charge in [-0.25, -0.2) is 33.6 Å². The summed E-state index contributed by atoms with van der Waals surface area (Å²) in [5.74, 6) is -6.73. The largest absolute Gasteiger partial charge is 0.478 e. The van der Waals surface area contributed by atoms with Crippen LogP contribution >= 0.6 is 0 Å². The molecule has 0 amide bonds. The fraction of sp³-hybridized carbons (Fsp3) is 0.533. The van der Waals surface area contributed by atoms with E-state index in [1.165, 1.54) is 20.8 Å². The van der Waals surface area contributed by atoms with Crippen LogP contribution in [0.25, 0.3) is 0 Å². The predicted molar refractivity (Wildman–Crippen MR) is 262 cm³/mol. The van der Waals surface area contributed by atoms with Crippen LogP contribution in [-0.4, -0.2) is 243 Å². The molecule has 0 aromatic carbocycles. The van der Waals surface area contributed by atoms with Crippen LogP contribution in [-0.2, 0) is 38.3 Å². The minimum Gasteiger partial charge on any atom is -0.478 e. The van der Waals surface area contributed by atoms with Crippen LogP contribution in [0.5, 0.6) is 0 Å². The van der Waals surface area contributed by atoms with Crippen molar-refractivity contribution in [3.05, 3.63) is 87.1 Å². The van der Waals surface area contributed by atoms with E-state index in [1.54, 1.807) is 0 Å². The first kappa shape index (κ1) is 89.7. The van der Waals surface area contributed by atoms with Crippen molar-refractivity contribution < 1.29 is 140 Å². The lowest BCUT2D eigenvalue weighted by Crippen LogP contribution is -2.43. The van der Waals surface area contributed by atoms with Crippen LogP contribution in [0.3, 0.4) is 0 Å². The zero-order valence-electron chi connectivity index (χ0n) is 41.8. The molecular formula is C45H82O28. The van der Waals surface area contributed by atoms with Crippen LogP contribution in [0, 0.1) is 21.7 Å². The van der Waals surface area contributed by atoms with E-state index in [0.29, 0.717) is 6.42 Å². The van der Waals surface area contributed by atoms with Crippen molar-refractivity contribution >= 4 is 41.8 Å². The molecule has 0 aliphatic carbocycles. The lowest BCUT2D eigenvalue weighted by Gasteiger charge is -2.31. The third-order valence-electron chi connectivity index (χ3n) is 7.72. The van der Waals surface area contributed by atoms with Gasteiger partial charge in [-0.15, -0.1) is 0 Å². The summed E-state index contributed by atoms with van der Waals surface area (Å²) in [5, 5.41) is 168. The zero-order chi connectivity index (χ0) is 60.6. The van der Waals surface area contributed by atoms with Gasteiger partial charge < -0.3 is 107 Å². The van der Waals surface area contributed by atoms with Gasteiger partial charge in [0.15, 0.2) is 0 Å². The molecule has 0 aromatic rings. The molecule has 0 radical (unpaired) electrons. The molecule has 0 aliphatic heterocycles. The number of rotatable bonds is 25. The molecule has 0 saturated carbocycles. The van der Waals surface area contributed by atoms with Crippen LogP contribution in [0.15, 0.2) is 87.1 Å². The number of carboxylic acids is 7. The van der Waals surface area contributed by atoms with Crippen molar-refractivity contribution in [1.82, 2.24) is 0 Å². The summed E-state index contributed by atoms with van der Waals surface area (Å²) in [6.45, 7) is 22.4. The van der Waals surface area contributed by atoms with E-state index in [0.717, 1.165) is 24.3 Å². The van der Waals surface area contributed by atoms with Crippen molar-refractivity contribution in [2.45, 2.75) is 34.1 Å². The van der Waals surface area contributed by atoms with Gasteiger partial charge in [0.2, 0.25) is 0 Å². The lowest BCUT2D eigenvalue weighted by atomic mass is 9.88. The third-order valence-corrected chi connectivity index (χ3v) is 7.72. The number of carbonyl (C=O) groups is 7. The van der Waals surface area contributed by atoms with Crippen molar-refractivity contribution in [2.24, 2.45) is 21.7 Å². The molecule has 28 nitrogen and oxygen atoms in total. The maximum Gasteiger partial charge on any atom is 0.330 e. The maximum absolute atomic E-state index is 9.60. The van der Waals surface area contributed by atoms with Crippen LogP contribution in [0.1, 0.15) is 34.1 Å². The fourth-order valence-corrected chi connectivity index (χ4v) is 1.84. The highest BCUT2D eigenvalue weighted by Crippen LogP contribution is 2.20. The number of aliphatic carboxylic acids is 7. The van der Waals surface area contributed by atoms with Crippen molar-refractivity contribution in [3.63, 3.8) is 0 Å². The zero-order valence-corrected chi connectivity index (χ0v) is 41.8. The fourth-order valence-electron chi connectivity index (χ4n) is 1.84. The number of ether oxygens (including phenoxy) is 1. The number of hydrogen-bond acceptors (Lipinski definition) is 21. The molecule has 430 valence electrons. The van der Waals surface area contributed by atoms with Crippen LogP contribution in [0.4, 0.5) is 0 Å². The Kier molecular flexibility index (Phi) is 71.9. The molecule has 0 bridgehead atoms. The SMILES string of the molecule is C=C(C)C(=O)O.C=C(C)C(=O)O.C=C(C)C(=O)O.C=CC(=O)O.C=CC(=O)O.C=CC(=O)O.C=CC(=O)O.CCC(CO)(CO)CO.OCC(CO)(CO)CO.OCC(CO)(CO)COCC(CO)(CO)CO. The first-order chi connectivity index (χ1) is 33.6. The standard InChI is InChI=1S/C10H22O7.C6H14O3.C5H12O4.3C4H6O2.4C3H4O2/c11-1-9(2-12,3-13)7-17-8-10(4-14,5-15)6-16;1-2-6(3-7,4-8)5-9;6-1-5(2-7,3-8)4-9;3*1-3(2)4(5)6;4*1-2-3(4)5/h11-16H,1-8H2;7-9H,2-5H2,1H3;6-9H,1-4H2;3*1H2,2H3,(H,5,6);4*2H,1H2,(H,4,5). The Morgan fingerprint density at radius 3 is 0.507 bits per heavy atom. The van der Waals surface area contributed by atoms with E-state index in [1.807, 2.05) is 6.92 Å². The molecule has 0 rings (SSSR count). The lowest BCUT2D eigenvalue weighted by molar-refractivity contribution is -0.133. The minimum atomic E-state index is -1.16. The molecular weight excluding hydrogens is 988 g/mol. The van der Waals surface area contributed by atoms with Gasteiger partial charge >= 0.3 is 41.8 Å². The molecule has 0 saturated heterocycles. The Labute approximate surface area is 423 Å². The summed E-state index contributed by atoms with van der Waals surface area (Å²) < 4.78 is 5.15. The van der Waals surface area contributed by atoms with Crippen molar-refractivity contribution in [2.75, 3.05) is 99.1 Å². The summed E-state index contributed by atoms with van der Waals surface area (Å²) in [6.07, 6.45) is 3.93. The van der Waals surface area contributed by atoms with E-state index < -0.39 is 130 Å². The maximum atomic E-state index is 9.60. The van der Waals surface area contributed by atoms with Gasteiger partial charge in [-0.2, -0.15) is 0 Å². The molecule has 0 atom stereocenters. The second kappa shape index (κ2) is 58.5. The number of aliphatic hydroxyl groups is 13. The highest BCUT2D eigenvalue weighted by Gasteiger charge is 2.33. The molecule has 0 heterocycles. The van der Waals surface area contributed by atoms with E-state index in [2.05, 4.69) is 46.1 Å². The summed E-state index contributed by atoms with van der Waals surface area (Å²) >= 11 is 0. The van der Waals surface area contributed by atoms with E-state index in [9.17, 15) is 33.6 Å².